The zero-order valence-electron chi connectivity index (χ0n) is 12.2. The Bertz CT molecular complexity index is 368. The SMILES string of the molecule is CCNC(=NCC(C)(C)c1ccncc1)NCC.I. The molecule has 0 atom stereocenters. The Kier molecular flexibility index (Phi) is 8.71. The molecule has 4 nitrogen and oxygen atoms in total. The highest BCUT2D eigenvalue weighted by atomic mass is 127. The van der Waals surface area contributed by atoms with Gasteiger partial charge in [0.15, 0.2) is 5.96 Å². The van der Waals surface area contributed by atoms with Crippen molar-refractivity contribution in [1.29, 1.82) is 0 Å². The molecule has 19 heavy (non-hydrogen) atoms. The number of pyridine rings is 1. The van der Waals surface area contributed by atoms with Crippen molar-refractivity contribution in [2.75, 3.05) is 19.6 Å². The summed E-state index contributed by atoms with van der Waals surface area (Å²) in [6.45, 7) is 11.0. The lowest BCUT2D eigenvalue weighted by atomic mass is 9.85. The van der Waals surface area contributed by atoms with Gasteiger partial charge in [-0.2, -0.15) is 0 Å². The molecule has 0 fully saturated rings. The fraction of sp³-hybridized carbons (Fsp3) is 0.571. The Labute approximate surface area is 133 Å². The second kappa shape index (κ2) is 9.12. The summed E-state index contributed by atoms with van der Waals surface area (Å²) in [5, 5.41) is 6.47. The van der Waals surface area contributed by atoms with Crippen LogP contribution in [0.25, 0.3) is 0 Å². The van der Waals surface area contributed by atoms with Crippen LogP contribution in [0.3, 0.4) is 0 Å². The first kappa shape index (κ1) is 18.1. The van der Waals surface area contributed by atoms with Gasteiger partial charge in [0.25, 0.3) is 0 Å². The number of guanidine groups is 1. The molecule has 0 aliphatic rings. The second-order valence-corrected chi connectivity index (χ2v) is 4.85. The maximum Gasteiger partial charge on any atom is 0.191 e. The topological polar surface area (TPSA) is 49.3 Å². The van der Waals surface area contributed by atoms with Crippen LogP contribution >= 0.6 is 24.0 Å². The third-order valence-corrected chi connectivity index (χ3v) is 2.78. The van der Waals surface area contributed by atoms with E-state index in [0.717, 1.165) is 25.6 Å². The fourth-order valence-corrected chi connectivity index (χ4v) is 1.68. The molecule has 2 N–H and O–H groups in total. The number of aliphatic imine (C=N–C) groups is 1. The zero-order valence-corrected chi connectivity index (χ0v) is 14.6. The number of nitrogens with zero attached hydrogens (tertiary/aromatic N) is 2. The largest absolute Gasteiger partial charge is 0.357 e. The van der Waals surface area contributed by atoms with Crippen LogP contribution in [-0.2, 0) is 5.41 Å². The highest BCUT2D eigenvalue weighted by molar-refractivity contribution is 14.0. The van der Waals surface area contributed by atoms with E-state index in [-0.39, 0.29) is 29.4 Å². The van der Waals surface area contributed by atoms with Gasteiger partial charge in [0, 0.05) is 30.9 Å². The lowest BCUT2D eigenvalue weighted by molar-refractivity contribution is 0.537. The smallest absolute Gasteiger partial charge is 0.191 e. The highest BCUT2D eigenvalue weighted by Gasteiger charge is 2.20. The zero-order chi connectivity index (χ0) is 13.4. The molecule has 0 saturated carbocycles. The molecule has 0 aliphatic heterocycles. The van der Waals surface area contributed by atoms with E-state index in [1.165, 1.54) is 5.56 Å². The summed E-state index contributed by atoms with van der Waals surface area (Å²) in [6, 6.07) is 4.10. The average molecular weight is 376 g/mol. The Morgan fingerprint density at radius 2 is 1.68 bits per heavy atom. The first-order chi connectivity index (χ1) is 8.60. The molecular weight excluding hydrogens is 351 g/mol. The van der Waals surface area contributed by atoms with E-state index in [0.29, 0.717) is 0 Å². The van der Waals surface area contributed by atoms with Crippen LogP contribution in [0.5, 0.6) is 0 Å². The van der Waals surface area contributed by atoms with Gasteiger partial charge in [-0.15, -0.1) is 24.0 Å². The third kappa shape index (κ3) is 6.22. The van der Waals surface area contributed by atoms with Gasteiger partial charge in [-0.1, -0.05) is 13.8 Å². The number of halogens is 1. The van der Waals surface area contributed by atoms with Crippen molar-refractivity contribution >= 4 is 29.9 Å². The molecule has 0 aromatic carbocycles. The molecule has 0 saturated heterocycles. The van der Waals surface area contributed by atoms with Crippen LogP contribution in [0.1, 0.15) is 33.3 Å². The number of hydrogen-bond acceptors (Lipinski definition) is 2. The molecule has 0 aliphatic carbocycles. The molecule has 108 valence electrons. The summed E-state index contributed by atoms with van der Waals surface area (Å²) in [4.78, 5) is 8.68. The summed E-state index contributed by atoms with van der Waals surface area (Å²) < 4.78 is 0. The van der Waals surface area contributed by atoms with Gasteiger partial charge in [0.05, 0.1) is 6.54 Å². The summed E-state index contributed by atoms with van der Waals surface area (Å²) in [7, 11) is 0. The van der Waals surface area contributed by atoms with Gasteiger partial charge in [0.1, 0.15) is 0 Å². The number of nitrogens with one attached hydrogen (secondary N) is 2. The van der Waals surface area contributed by atoms with Crippen molar-refractivity contribution < 1.29 is 0 Å². The fourth-order valence-electron chi connectivity index (χ4n) is 1.68. The molecule has 1 rings (SSSR count). The summed E-state index contributed by atoms with van der Waals surface area (Å²) in [5.41, 5.74) is 1.27. The predicted octanol–water partition coefficient (Wildman–Crippen LogP) is 2.55. The summed E-state index contributed by atoms with van der Waals surface area (Å²) in [6.07, 6.45) is 3.66. The van der Waals surface area contributed by atoms with Crippen molar-refractivity contribution in [3.05, 3.63) is 30.1 Å². The Morgan fingerprint density at radius 1 is 1.16 bits per heavy atom. The van der Waals surface area contributed by atoms with Crippen molar-refractivity contribution in [3.63, 3.8) is 0 Å². The van der Waals surface area contributed by atoms with Crippen LogP contribution in [0, 0.1) is 0 Å². The maximum absolute atomic E-state index is 4.63. The Hall–Kier alpha value is -0.850. The van der Waals surface area contributed by atoms with Gasteiger partial charge in [-0.3, -0.25) is 9.98 Å². The predicted molar refractivity (Wildman–Crippen MR) is 92.3 cm³/mol. The number of aromatic nitrogens is 1. The van der Waals surface area contributed by atoms with Gasteiger partial charge in [-0.25, -0.2) is 0 Å². The Morgan fingerprint density at radius 3 is 2.16 bits per heavy atom. The lowest BCUT2D eigenvalue weighted by Gasteiger charge is -2.23. The molecule has 0 spiro atoms. The lowest BCUT2D eigenvalue weighted by Crippen LogP contribution is -2.38. The first-order valence-corrected chi connectivity index (χ1v) is 6.53. The Balaban J connectivity index is 0.00000324. The van der Waals surface area contributed by atoms with Gasteiger partial charge >= 0.3 is 0 Å². The second-order valence-electron chi connectivity index (χ2n) is 4.85. The van der Waals surface area contributed by atoms with Crippen molar-refractivity contribution in [1.82, 2.24) is 15.6 Å². The molecule has 1 aromatic heterocycles. The molecule has 0 amide bonds. The van der Waals surface area contributed by atoms with E-state index in [1.807, 2.05) is 12.4 Å². The number of hydrogen-bond donors (Lipinski definition) is 2. The molecule has 5 heteroatoms. The standard InChI is InChI=1S/C14H24N4.HI/c1-5-16-13(17-6-2)18-11-14(3,4)12-7-9-15-10-8-12;/h7-10H,5-6,11H2,1-4H3,(H2,16,17,18);1H. The quantitative estimate of drug-likeness (QED) is 0.472. The van der Waals surface area contributed by atoms with Crippen molar-refractivity contribution in [2.45, 2.75) is 33.1 Å². The molecular formula is C14H25IN4. The third-order valence-electron chi connectivity index (χ3n) is 2.78. The van der Waals surface area contributed by atoms with Crippen LogP contribution < -0.4 is 10.6 Å². The van der Waals surface area contributed by atoms with E-state index in [9.17, 15) is 0 Å². The molecule has 1 aromatic rings. The summed E-state index contributed by atoms with van der Waals surface area (Å²) >= 11 is 0. The molecule has 0 radical (unpaired) electrons. The van der Waals surface area contributed by atoms with Gasteiger partial charge < -0.3 is 10.6 Å². The normalized spacial score (nSPS) is 10.3. The van der Waals surface area contributed by atoms with E-state index in [2.05, 4.69) is 60.4 Å². The maximum atomic E-state index is 4.63. The van der Waals surface area contributed by atoms with Crippen LogP contribution in [0.4, 0.5) is 0 Å². The molecule has 0 bridgehead atoms. The van der Waals surface area contributed by atoms with E-state index in [1.54, 1.807) is 0 Å². The van der Waals surface area contributed by atoms with E-state index in [4.69, 9.17) is 0 Å². The van der Waals surface area contributed by atoms with Crippen LogP contribution in [0.2, 0.25) is 0 Å². The summed E-state index contributed by atoms with van der Waals surface area (Å²) in [5.74, 6) is 0.877. The van der Waals surface area contributed by atoms with Crippen LogP contribution in [-0.4, -0.2) is 30.6 Å². The minimum atomic E-state index is 0. The van der Waals surface area contributed by atoms with E-state index >= 15 is 0 Å². The number of rotatable bonds is 5. The highest BCUT2D eigenvalue weighted by Crippen LogP contribution is 2.22. The van der Waals surface area contributed by atoms with Gasteiger partial charge in [-0.05, 0) is 31.5 Å². The first-order valence-electron chi connectivity index (χ1n) is 6.53. The van der Waals surface area contributed by atoms with Crippen LogP contribution in [0.15, 0.2) is 29.5 Å². The van der Waals surface area contributed by atoms with Crippen molar-refractivity contribution in [3.8, 4) is 0 Å². The minimum Gasteiger partial charge on any atom is -0.357 e. The molecule has 1 heterocycles. The van der Waals surface area contributed by atoms with Crippen molar-refractivity contribution in [2.24, 2.45) is 4.99 Å². The minimum absolute atomic E-state index is 0. The molecule has 0 unspecified atom stereocenters. The van der Waals surface area contributed by atoms with E-state index < -0.39 is 0 Å². The average Bonchev–Trinajstić information content (AvgIpc) is 2.38. The monoisotopic (exact) mass is 376 g/mol. The van der Waals surface area contributed by atoms with Gasteiger partial charge in [0.2, 0.25) is 0 Å².